The smallest absolute Gasteiger partial charge is 0.164 e. The maximum absolute atomic E-state index is 13.4. The number of carbonyl (C=O) groups excluding carboxylic acids is 1. The molecule has 0 saturated heterocycles. The summed E-state index contributed by atoms with van der Waals surface area (Å²) in [6.07, 6.45) is 3.40. The van der Waals surface area contributed by atoms with Gasteiger partial charge in [0.1, 0.15) is 17.7 Å². The minimum Gasteiger partial charge on any atom is -0.399 e. The molecule has 0 aliphatic heterocycles. The van der Waals surface area contributed by atoms with Gasteiger partial charge in [0.15, 0.2) is 5.78 Å². The molecule has 2 aromatic rings. The Bertz CT molecular complexity index is 1140. The first-order chi connectivity index (χ1) is 15.5. The number of nitriles is 2. The van der Waals surface area contributed by atoms with Crippen molar-refractivity contribution in [2.75, 3.05) is 11.5 Å². The van der Waals surface area contributed by atoms with Crippen LogP contribution in [0.5, 0.6) is 0 Å². The Balaban J connectivity index is 1.66. The summed E-state index contributed by atoms with van der Waals surface area (Å²) < 4.78 is 0. The number of carbonyl (C=O) groups is 1. The summed E-state index contributed by atoms with van der Waals surface area (Å²) in [7, 11) is 0. The lowest BCUT2D eigenvalue weighted by molar-refractivity contribution is -0.120. The van der Waals surface area contributed by atoms with Crippen LogP contribution in [0.1, 0.15) is 48.6 Å². The van der Waals surface area contributed by atoms with Gasteiger partial charge in [-0.25, -0.2) is 0 Å². The Morgan fingerprint density at radius 3 is 1.72 bits per heavy atom. The van der Waals surface area contributed by atoms with Gasteiger partial charge in [-0.05, 0) is 90.7 Å². The van der Waals surface area contributed by atoms with Gasteiger partial charge >= 0.3 is 0 Å². The van der Waals surface area contributed by atoms with Crippen molar-refractivity contribution in [3.63, 3.8) is 0 Å². The summed E-state index contributed by atoms with van der Waals surface area (Å²) in [4.78, 5) is 13.4. The third kappa shape index (κ3) is 3.09. The van der Waals surface area contributed by atoms with E-state index in [0.717, 1.165) is 37.1 Å². The quantitative estimate of drug-likeness (QED) is 0.413. The fraction of sp³-hybridized carbons (Fsp3) is 0.370. The lowest BCUT2D eigenvalue weighted by Gasteiger charge is -2.49. The van der Waals surface area contributed by atoms with Gasteiger partial charge in [-0.15, -0.1) is 0 Å². The minimum atomic E-state index is -0.113. The molecular formula is C27H26N4O. The van der Waals surface area contributed by atoms with E-state index in [-0.39, 0.29) is 46.9 Å². The molecule has 6 unspecified atom stereocenters. The Kier molecular flexibility index (Phi) is 4.98. The van der Waals surface area contributed by atoms with E-state index < -0.39 is 0 Å². The zero-order valence-corrected chi connectivity index (χ0v) is 17.9. The van der Waals surface area contributed by atoms with Gasteiger partial charge in [-0.3, -0.25) is 4.79 Å². The number of rotatable bonds is 2. The number of nitrogens with two attached hydrogens (primary N) is 2. The molecule has 0 aromatic heterocycles. The Morgan fingerprint density at radius 1 is 0.750 bits per heavy atom. The summed E-state index contributed by atoms with van der Waals surface area (Å²) >= 11 is 0. The first kappa shape index (κ1) is 20.3. The molecule has 5 rings (SSSR count). The number of anilines is 2. The molecule has 0 radical (unpaired) electrons. The van der Waals surface area contributed by atoms with Crippen LogP contribution < -0.4 is 11.5 Å². The van der Waals surface area contributed by atoms with Crippen molar-refractivity contribution < 1.29 is 4.79 Å². The van der Waals surface area contributed by atoms with Crippen LogP contribution in [0.3, 0.4) is 0 Å². The highest BCUT2D eigenvalue weighted by Crippen LogP contribution is 2.63. The van der Waals surface area contributed by atoms with Crippen molar-refractivity contribution in [3.8, 4) is 12.1 Å². The van der Waals surface area contributed by atoms with Gasteiger partial charge in [-0.2, -0.15) is 10.5 Å². The van der Waals surface area contributed by atoms with Crippen LogP contribution in [-0.4, -0.2) is 5.78 Å². The van der Waals surface area contributed by atoms with Crippen LogP contribution in [0, 0.1) is 46.3 Å². The number of nitrogen functional groups attached to an aromatic ring is 2. The average molecular weight is 423 g/mol. The molecule has 0 heterocycles. The van der Waals surface area contributed by atoms with E-state index in [0.29, 0.717) is 5.57 Å². The Hall–Kier alpha value is -3.57. The van der Waals surface area contributed by atoms with E-state index in [1.165, 1.54) is 11.1 Å². The fourth-order valence-corrected chi connectivity index (χ4v) is 6.96. The van der Waals surface area contributed by atoms with Crippen molar-refractivity contribution in [2.45, 2.75) is 37.5 Å². The third-order valence-electron chi connectivity index (χ3n) is 8.02. The first-order valence-electron chi connectivity index (χ1n) is 11.3. The molecule has 0 bridgehead atoms. The highest BCUT2D eigenvalue weighted by atomic mass is 16.1. The van der Waals surface area contributed by atoms with Crippen LogP contribution in [0.25, 0.3) is 0 Å². The molecule has 4 N–H and O–H groups in total. The predicted octanol–water partition coefficient (Wildman–Crippen LogP) is 4.70. The molecule has 0 amide bonds. The standard InChI is InChI=1S/C27H26N4O/c28-13-17(14-29)24-22-9-7-20(15-3-1-5-18(30)11-15)25-21(16-4-2-6-19(31)12-16)8-10-23(26(22)25)27(24)32/h1-6,11-12,20-23,25-26H,7-10,30-31H2. The van der Waals surface area contributed by atoms with E-state index in [2.05, 4.69) is 24.3 Å². The SMILES string of the molecule is N#CC(C#N)=C1C(=O)C2CCC(c3cccc(N)c3)C3C(c4cccc(N)c4)CCC1C23. The van der Waals surface area contributed by atoms with Crippen LogP contribution in [0.2, 0.25) is 0 Å². The molecule has 3 fully saturated rings. The molecule has 32 heavy (non-hydrogen) atoms. The monoisotopic (exact) mass is 422 g/mol. The second kappa shape index (κ2) is 7.84. The molecule has 160 valence electrons. The van der Waals surface area contributed by atoms with Crippen LogP contribution in [-0.2, 0) is 4.79 Å². The van der Waals surface area contributed by atoms with Crippen LogP contribution in [0.4, 0.5) is 11.4 Å². The maximum atomic E-state index is 13.4. The number of hydrogen-bond donors (Lipinski definition) is 2. The largest absolute Gasteiger partial charge is 0.399 e. The van der Waals surface area contributed by atoms with Crippen molar-refractivity contribution in [3.05, 3.63) is 70.8 Å². The number of Topliss-reactive ketones (excluding diaryl/α,β-unsaturated/α-hetero) is 1. The number of ketones is 1. The molecule has 3 aliphatic rings. The molecule has 5 nitrogen and oxygen atoms in total. The third-order valence-corrected chi connectivity index (χ3v) is 8.02. The highest BCUT2D eigenvalue weighted by molar-refractivity contribution is 6.02. The van der Waals surface area contributed by atoms with E-state index in [4.69, 9.17) is 11.5 Å². The lowest BCUT2D eigenvalue weighted by Crippen LogP contribution is -2.41. The predicted molar refractivity (Wildman–Crippen MR) is 123 cm³/mol. The normalized spacial score (nSPS) is 30.8. The zero-order chi connectivity index (χ0) is 22.4. The van der Waals surface area contributed by atoms with Crippen molar-refractivity contribution in [2.24, 2.45) is 23.7 Å². The topological polar surface area (TPSA) is 117 Å². The molecule has 3 saturated carbocycles. The van der Waals surface area contributed by atoms with Crippen molar-refractivity contribution >= 4 is 17.2 Å². The molecule has 6 atom stereocenters. The summed E-state index contributed by atoms with van der Waals surface area (Å²) in [5.74, 6) is 0.807. The molecule has 3 aliphatic carbocycles. The highest BCUT2D eigenvalue weighted by Gasteiger charge is 2.58. The molecule has 0 spiro atoms. The summed E-state index contributed by atoms with van der Waals surface area (Å²) in [5.41, 5.74) is 16.7. The lowest BCUT2D eigenvalue weighted by atomic mass is 9.54. The first-order valence-corrected chi connectivity index (χ1v) is 11.3. The second-order valence-corrected chi connectivity index (χ2v) is 9.45. The van der Waals surface area contributed by atoms with Gasteiger partial charge in [-0.1, -0.05) is 24.3 Å². The number of allylic oxidation sites excluding steroid dienone is 2. The summed E-state index contributed by atoms with van der Waals surface area (Å²) in [6.45, 7) is 0. The van der Waals surface area contributed by atoms with Crippen molar-refractivity contribution in [1.82, 2.24) is 0 Å². The Morgan fingerprint density at radius 2 is 1.22 bits per heavy atom. The van der Waals surface area contributed by atoms with E-state index in [1.54, 1.807) is 0 Å². The van der Waals surface area contributed by atoms with Crippen molar-refractivity contribution in [1.29, 1.82) is 10.5 Å². The zero-order valence-electron chi connectivity index (χ0n) is 17.9. The van der Waals surface area contributed by atoms with Gasteiger partial charge in [0.2, 0.25) is 0 Å². The number of benzene rings is 2. The molecule has 5 heteroatoms. The van der Waals surface area contributed by atoms with Gasteiger partial charge < -0.3 is 11.5 Å². The van der Waals surface area contributed by atoms with Crippen LogP contribution in [0.15, 0.2) is 59.7 Å². The summed E-state index contributed by atoms with van der Waals surface area (Å²) in [5, 5.41) is 19.1. The van der Waals surface area contributed by atoms with E-state index >= 15 is 0 Å². The van der Waals surface area contributed by atoms with Crippen LogP contribution >= 0.6 is 0 Å². The van der Waals surface area contributed by atoms with Gasteiger partial charge in [0, 0.05) is 22.9 Å². The van der Waals surface area contributed by atoms with Gasteiger partial charge in [0.05, 0.1) is 0 Å². The number of hydrogen-bond acceptors (Lipinski definition) is 5. The number of nitrogens with zero attached hydrogens (tertiary/aromatic N) is 2. The minimum absolute atomic E-state index is 0.0102. The summed E-state index contributed by atoms with van der Waals surface area (Å²) in [6, 6.07) is 20.2. The molecule has 2 aromatic carbocycles. The fourth-order valence-electron chi connectivity index (χ4n) is 6.96. The maximum Gasteiger partial charge on any atom is 0.164 e. The average Bonchev–Trinajstić information content (AvgIpc) is 3.08. The Labute approximate surface area is 188 Å². The van der Waals surface area contributed by atoms with E-state index in [1.807, 2.05) is 36.4 Å². The van der Waals surface area contributed by atoms with E-state index in [9.17, 15) is 15.3 Å². The van der Waals surface area contributed by atoms with Gasteiger partial charge in [0.25, 0.3) is 0 Å². The molecular weight excluding hydrogens is 396 g/mol. The second-order valence-electron chi connectivity index (χ2n) is 9.45.